The molecule has 268 valence electrons. The molecule has 0 atom stereocenters. The number of alkyl halides is 14. The van der Waals surface area contributed by atoms with Gasteiger partial charge in [-0.15, -0.1) is 0 Å². The average molecular weight is 740 g/mol. The van der Waals surface area contributed by atoms with Gasteiger partial charge in [-0.05, 0) is 80.4 Å². The molecule has 0 aliphatic rings. The van der Waals surface area contributed by atoms with Gasteiger partial charge < -0.3 is 16.0 Å². The molecule has 19 heteroatoms. The molecule has 0 heterocycles. The number of carbonyl (C=O) groups is 1. The summed E-state index contributed by atoms with van der Waals surface area (Å²) >= 11 is 5.16. The molecule has 3 rings (SSSR count). The van der Waals surface area contributed by atoms with E-state index in [0.717, 1.165) is 27.7 Å². The number of carbonyl (C=O) groups excluding carboxylic acids is 1. The molecule has 0 saturated heterocycles. The van der Waals surface area contributed by atoms with Gasteiger partial charge in [0.2, 0.25) is 0 Å². The van der Waals surface area contributed by atoms with Crippen molar-refractivity contribution in [1.82, 2.24) is 0 Å². The first-order valence-corrected chi connectivity index (χ1v) is 13.8. The van der Waals surface area contributed by atoms with Gasteiger partial charge >= 0.3 is 36.0 Å². The summed E-state index contributed by atoms with van der Waals surface area (Å²) in [5.41, 5.74) is -16.2. The Morgan fingerprint density at radius 2 is 0.878 bits per heavy atom. The first-order chi connectivity index (χ1) is 22.1. The van der Waals surface area contributed by atoms with Crippen LogP contribution in [0, 0.1) is 27.7 Å². The second kappa shape index (κ2) is 12.9. The van der Waals surface area contributed by atoms with Gasteiger partial charge in [-0.2, -0.15) is 52.7 Å². The van der Waals surface area contributed by atoms with Crippen molar-refractivity contribution in [2.75, 3.05) is 16.0 Å². The van der Waals surface area contributed by atoms with Gasteiger partial charge in [0.25, 0.3) is 5.91 Å². The quantitative estimate of drug-likeness (QED) is 0.174. The van der Waals surface area contributed by atoms with Crippen LogP contribution in [0.4, 0.5) is 78.5 Å². The molecular weight excluding hydrogens is 716 g/mol. The number of halogens is 14. The first-order valence-electron chi connectivity index (χ1n) is 13.4. The Bertz CT molecular complexity index is 1690. The van der Waals surface area contributed by atoms with E-state index in [0.29, 0.717) is 24.3 Å². The summed E-state index contributed by atoms with van der Waals surface area (Å²) in [5.74, 6) is -0.911. The molecule has 0 saturated carbocycles. The van der Waals surface area contributed by atoms with Crippen LogP contribution in [0.1, 0.15) is 43.7 Å². The lowest BCUT2D eigenvalue weighted by atomic mass is 9.90. The van der Waals surface area contributed by atoms with Crippen molar-refractivity contribution in [3.63, 3.8) is 0 Å². The number of hydrogen-bond donors (Lipinski definition) is 3. The van der Waals surface area contributed by atoms with Crippen LogP contribution < -0.4 is 16.0 Å². The maximum atomic E-state index is 14.6. The molecule has 4 nitrogen and oxygen atoms in total. The number of thiocarbonyl (C=S) groups is 1. The Hall–Kier alpha value is -4.16. The van der Waals surface area contributed by atoms with Crippen molar-refractivity contribution in [1.29, 1.82) is 0 Å². The zero-order chi connectivity index (χ0) is 37.7. The molecule has 0 aliphatic heterocycles. The van der Waals surface area contributed by atoms with Crippen LogP contribution in [0.25, 0.3) is 0 Å². The standard InChI is InChI=1S/C30H23F14N3OS/c1-13-8-18(25(31,27(33,34)35)28(36,37)38)9-14(2)21(13)46-23(48)17-6-5-7-20(12-17)45-24(49)47-22-15(3)10-19(11-16(22)4)26(32,29(39,40)41)30(42,43)44/h5-12H,1-4H3,(H,46,48)(H2,45,47,49). The molecule has 0 unspecified atom stereocenters. The molecule has 0 fully saturated rings. The molecule has 0 radical (unpaired) electrons. The molecule has 1 amide bonds. The highest BCUT2D eigenvalue weighted by Crippen LogP contribution is 2.55. The van der Waals surface area contributed by atoms with Crippen molar-refractivity contribution in [3.8, 4) is 0 Å². The van der Waals surface area contributed by atoms with Crippen LogP contribution in [0.3, 0.4) is 0 Å². The summed E-state index contributed by atoms with van der Waals surface area (Å²) in [4.78, 5) is 13.0. The zero-order valence-corrected chi connectivity index (χ0v) is 26.0. The van der Waals surface area contributed by atoms with Crippen LogP contribution in [0.5, 0.6) is 0 Å². The lowest BCUT2D eigenvalue weighted by Gasteiger charge is -2.31. The smallest absolute Gasteiger partial charge is 0.332 e. The molecular formula is C30H23F14N3OS. The molecule has 3 N–H and O–H groups in total. The van der Waals surface area contributed by atoms with Gasteiger partial charge in [0.15, 0.2) is 5.11 Å². The van der Waals surface area contributed by atoms with E-state index in [1.54, 1.807) is 0 Å². The number of nitrogens with one attached hydrogen (secondary N) is 3. The summed E-state index contributed by atoms with van der Waals surface area (Å²) in [6.07, 6.45) is -25.3. The van der Waals surface area contributed by atoms with Crippen molar-refractivity contribution < 1.29 is 66.3 Å². The predicted octanol–water partition coefficient (Wildman–Crippen LogP) is 10.6. The lowest BCUT2D eigenvalue weighted by molar-refractivity contribution is -0.349. The summed E-state index contributed by atoms with van der Waals surface area (Å²) in [5, 5.41) is 7.25. The maximum Gasteiger partial charge on any atom is 0.435 e. The molecule has 0 aromatic heterocycles. The highest BCUT2D eigenvalue weighted by molar-refractivity contribution is 7.80. The van der Waals surface area contributed by atoms with Crippen LogP contribution in [0.15, 0.2) is 48.5 Å². The van der Waals surface area contributed by atoms with Crippen LogP contribution in [0.2, 0.25) is 0 Å². The van der Waals surface area contributed by atoms with Crippen LogP contribution >= 0.6 is 12.2 Å². The predicted molar refractivity (Wildman–Crippen MR) is 156 cm³/mol. The summed E-state index contributed by atoms with van der Waals surface area (Å²) < 4.78 is 188. The van der Waals surface area contributed by atoms with E-state index < -0.39 is 53.1 Å². The Kier molecular flexibility index (Phi) is 10.4. The third-order valence-electron chi connectivity index (χ3n) is 7.28. The summed E-state index contributed by atoms with van der Waals surface area (Å²) in [6, 6.07) is 6.48. The summed E-state index contributed by atoms with van der Waals surface area (Å²) in [7, 11) is 0. The molecule has 0 aliphatic carbocycles. The number of aryl methyl sites for hydroxylation is 4. The zero-order valence-electron chi connectivity index (χ0n) is 25.2. The van der Waals surface area contributed by atoms with E-state index in [4.69, 9.17) is 12.2 Å². The first kappa shape index (κ1) is 39.3. The molecule has 49 heavy (non-hydrogen) atoms. The van der Waals surface area contributed by atoms with Gasteiger partial charge in [0.1, 0.15) is 0 Å². The second-order valence-corrected chi connectivity index (χ2v) is 11.3. The largest absolute Gasteiger partial charge is 0.435 e. The monoisotopic (exact) mass is 739 g/mol. The summed E-state index contributed by atoms with van der Waals surface area (Å²) in [6.45, 7) is 4.32. The minimum Gasteiger partial charge on any atom is -0.332 e. The third kappa shape index (κ3) is 7.40. The van der Waals surface area contributed by atoms with Crippen LogP contribution in [-0.4, -0.2) is 35.7 Å². The highest BCUT2D eigenvalue weighted by Gasteiger charge is 2.74. The fourth-order valence-electron chi connectivity index (χ4n) is 4.89. The van der Waals surface area contributed by atoms with Gasteiger partial charge in [0, 0.05) is 33.8 Å². The third-order valence-corrected chi connectivity index (χ3v) is 7.49. The fourth-order valence-corrected chi connectivity index (χ4v) is 5.11. The Morgan fingerprint density at radius 1 is 0.531 bits per heavy atom. The number of amides is 1. The van der Waals surface area contributed by atoms with E-state index in [1.165, 1.54) is 24.3 Å². The molecule has 3 aromatic carbocycles. The van der Waals surface area contributed by atoms with E-state index in [2.05, 4.69) is 16.0 Å². The molecule has 0 bridgehead atoms. The van der Waals surface area contributed by atoms with Crippen LogP contribution in [-0.2, 0) is 11.3 Å². The van der Waals surface area contributed by atoms with Crippen molar-refractivity contribution in [3.05, 3.63) is 87.5 Å². The van der Waals surface area contributed by atoms with E-state index in [1.807, 2.05) is 0 Å². The minimum atomic E-state index is -6.35. The van der Waals surface area contributed by atoms with Gasteiger partial charge in [-0.25, -0.2) is 8.78 Å². The van der Waals surface area contributed by atoms with E-state index >= 15 is 0 Å². The number of hydrogen-bond acceptors (Lipinski definition) is 2. The van der Waals surface area contributed by atoms with Crippen molar-refractivity contribution >= 4 is 40.3 Å². The second-order valence-electron chi connectivity index (χ2n) is 10.9. The van der Waals surface area contributed by atoms with Crippen molar-refractivity contribution in [2.24, 2.45) is 0 Å². The molecule has 0 spiro atoms. The van der Waals surface area contributed by atoms with Gasteiger partial charge in [0.05, 0.1) is 0 Å². The molecule has 3 aromatic rings. The number of rotatable bonds is 6. The van der Waals surface area contributed by atoms with Gasteiger partial charge in [-0.1, -0.05) is 30.3 Å². The Labute approximate surface area is 273 Å². The minimum absolute atomic E-state index is 0.0652. The Balaban J connectivity index is 1.84. The Morgan fingerprint density at radius 3 is 1.22 bits per heavy atom. The van der Waals surface area contributed by atoms with Crippen molar-refractivity contribution in [2.45, 2.75) is 63.7 Å². The fraction of sp³-hybridized carbons (Fsp3) is 0.333. The maximum absolute atomic E-state index is 14.6. The van der Waals surface area contributed by atoms with Gasteiger partial charge in [-0.3, -0.25) is 4.79 Å². The number of anilines is 3. The number of benzene rings is 3. The lowest BCUT2D eigenvalue weighted by Crippen LogP contribution is -2.50. The highest BCUT2D eigenvalue weighted by atomic mass is 32.1. The average Bonchev–Trinajstić information content (AvgIpc) is 2.93. The normalized spacial score (nSPS) is 13.3. The topological polar surface area (TPSA) is 53.2 Å². The SMILES string of the molecule is Cc1cc(C(F)(C(F)(F)F)C(F)(F)F)cc(C)c1NC(=O)c1cccc(NC(=S)Nc2c(C)cc(C(F)(C(F)(F)F)C(F)(F)F)cc2C)c1. The van der Waals surface area contributed by atoms with E-state index in [-0.39, 0.29) is 50.0 Å². The van der Waals surface area contributed by atoms with E-state index in [9.17, 15) is 66.3 Å².